The smallest absolute Gasteiger partial charge is 0.316 e. The molecule has 3 nitrogen and oxygen atoms in total. The van der Waals surface area contributed by atoms with Gasteiger partial charge in [-0.05, 0) is 25.5 Å². The standard InChI is InChI=1S/C13H15ClO3/c1-3-11(13(16)17-4-2)12(15)9-6-5-7-10(14)8-9/h5-8,11H,3-4H2,1-2H3/t11-/m1/s1. The molecule has 0 saturated carbocycles. The van der Waals surface area contributed by atoms with Gasteiger partial charge in [0.2, 0.25) is 0 Å². The third-order valence-electron chi connectivity index (χ3n) is 2.40. The fourth-order valence-corrected chi connectivity index (χ4v) is 1.74. The number of esters is 1. The molecule has 0 bridgehead atoms. The average Bonchev–Trinajstić information content (AvgIpc) is 2.30. The van der Waals surface area contributed by atoms with Crippen LogP contribution >= 0.6 is 11.6 Å². The van der Waals surface area contributed by atoms with E-state index in [1.165, 1.54) is 0 Å². The monoisotopic (exact) mass is 254 g/mol. The summed E-state index contributed by atoms with van der Waals surface area (Å²) in [6.45, 7) is 3.77. The molecule has 1 aromatic carbocycles. The van der Waals surface area contributed by atoms with Crippen molar-refractivity contribution < 1.29 is 14.3 Å². The second kappa shape index (κ2) is 6.40. The molecule has 0 heterocycles. The van der Waals surface area contributed by atoms with Gasteiger partial charge >= 0.3 is 5.97 Å². The minimum atomic E-state index is -0.742. The summed E-state index contributed by atoms with van der Waals surface area (Å²) in [6, 6.07) is 6.58. The number of ether oxygens (including phenoxy) is 1. The van der Waals surface area contributed by atoms with Crippen molar-refractivity contribution in [2.75, 3.05) is 6.61 Å². The Bertz CT molecular complexity index is 415. The normalized spacial score (nSPS) is 11.9. The lowest BCUT2D eigenvalue weighted by Crippen LogP contribution is -2.25. The van der Waals surface area contributed by atoms with Crippen LogP contribution in [0.4, 0.5) is 0 Å². The summed E-state index contributed by atoms with van der Waals surface area (Å²) in [5.74, 6) is -1.46. The summed E-state index contributed by atoms with van der Waals surface area (Å²) < 4.78 is 4.88. The molecule has 0 amide bonds. The Morgan fingerprint density at radius 2 is 2.06 bits per heavy atom. The number of carbonyl (C=O) groups is 2. The van der Waals surface area contributed by atoms with Gasteiger partial charge in [0.25, 0.3) is 0 Å². The minimum Gasteiger partial charge on any atom is -0.465 e. The molecule has 0 aliphatic heterocycles. The third kappa shape index (κ3) is 3.56. The number of ketones is 1. The topological polar surface area (TPSA) is 43.4 Å². The van der Waals surface area contributed by atoms with Gasteiger partial charge in [0, 0.05) is 10.6 Å². The maximum absolute atomic E-state index is 12.1. The highest BCUT2D eigenvalue weighted by Gasteiger charge is 2.27. The van der Waals surface area contributed by atoms with Gasteiger partial charge in [0.1, 0.15) is 5.92 Å². The summed E-state index contributed by atoms with van der Waals surface area (Å²) in [5.41, 5.74) is 0.442. The lowest BCUT2D eigenvalue weighted by atomic mass is 9.95. The molecule has 0 saturated heterocycles. The molecule has 0 N–H and O–H groups in total. The van der Waals surface area contributed by atoms with E-state index in [1.54, 1.807) is 38.1 Å². The molecular formula is C13H15ClO3. The molecule has 0 radical (unpaired) electrons. The number of carbonyl (C=O) groups excluding carboxylic acids is 2. The van der Waals surface area contributed by atoms with Gasteiger partial charge in [-0.25, -0.2) is 0 Å². The second-order valence-electron chi connectivity index (χ2n) is 3.59. The summed E-state index contributed by atoms with van der Waals surface area (Å²) in [4.78, 5) is 23.7. The van der Waals surface area contributed by atoms with Crippen LogP contribution in [0, 0.1) is 5.92 Å². The second-order valence-corrected chi connectivity index (χ2v) is 4.02. The number of rotatable bonds is 5. The summed E-state index contributed by atoms with van der Waals surface area (Å²) in [5, 5.41) is 0.481. The largest absolute Gasteiger partial charge is 0.465 e. The van der Waals surface area contributed by atoms with E-state index in [9.17, 15) is 9.59 Å². The summed E-state index contributed by atoms with van der Waals surface area (Å²) in [6.07, 6.45) is 0.421. The van der Waals surface area contributed by atoms with E-state index >= 15 is 0 Å². The Morgan fingerprint density at radius 3 is 2.59 bits per heavy atom. The Balaban J connectivity index is 2.90. The third-order valence-corrected chi connectivity index (χ3v) is 2.64. The molecule has 1 rings (SSSR count). The highest BCUT2D eigenvalue weighted by molar-refractivity contribution is 6.31. The lowest BCUT2D eigenvalue weighted by molar-refractivity contribution is -0.146. The van der Waals surface area contributed by atoms with Crippen LogP contribution in [-0.2, 0) is 9.53 Å². The maximum Gasteiger partial charge on any atom is 0.316 e. The molecule has 0 aliphatic rings. The van der Waals surface area contributed by atoms with Crippen LogP contribution in [0.2, 0.25) is 5.02 Å². The molecule has 1 aromatic rings. The van der Waals surface area contributed by atoms with Gasteiger partial charge in [-0.3, -0.25) is 9.59 Å². The Morgan fingerprint density at radius 1 is 1.35 bits per heavy atom. The van der Waals surface area contributed by atoms with E-state index in [4.69, 9.17) is 16.3 Å². The van der Waals surface area contributed by atoms with E-state index in [2.05, 4.69) is 0 Å². The van der Waals surface area contributed by atoms with Gasteiger partial charge < -0.3 is 4.74 Å². The van der Waals surface area contributed by atoms with Gasteiger partial charge in [-0.2, -0.15) is 0 Å². The van der Waals surface area contributed by atoms with Crippen LogP contribution in [0.5, 0.6) is 0 Å². The lowest BCUT2D eigenvalue weighted by Gasteiger charge is -2.12. The van der Waals surface area contributed by atoms with E-state index in [1.807, 2.05) is 0 Å². The molecule has 92 valence electrons. The van der Waals surface area contributed by atoms with Crippen LogP contribution in [0.3, 0.4) is 0 Å². The van der Waals surface area contributed by atoms with E-state index < -0.39 is 11.9 Å². The van der Waals surface area contributed by atoms with Crippen LogP contribution < -0.4 is 0 Å². The summed E-state index contributed by atoms with van der Waals surface area (Å²) in [7, 11) is 0. The molecule has 0 spiro atoms. The molecular weight excluding hydrogens is 240 g/mol. The predicted molar refractivity (Wildman–Crippen MR) is 66.2 cm³/mol. The Kier molecular flexibility index (Phi) is 5.16. The fourth-order valence-electron chi connectivity index (χ4n) is 1.54. The van der Waals surface area contributed by atoms with Crippen molar-refractivity contribution in [3.8, 4) is 0 Å². The van der Waals surface area contributed by atoms with Gasteiger partial charge in [-0.15, -0.1) is 0 Å². The molecule has 0 aromatic heterocycles. The molecule has 4 heteroatoms. The fraction of sp³-hybridized carbons (Fsp3) is 0.385. The number of halogens is 1. The predicted octanol–water partition coefficient (Wildman–Crippen LogP) is 3.11. The zero-order valence-corrected chi connectivity index (χ0v) is 10.7. The van der Waals surface area contributed by atoms with Crippen molar-refractivity contribution in [3.05, 3.63) is 34.9 Å². The van der Waals surface area contributed by atoms with Crippen LogP contribution in [0.25, 0.3) is 0 Å². The van der Waals surface area contributed by atoms with Gasteiger partial charge in [0.05, 0.1) is 6.61 Å². The van der Waals surface area contributed by atoms with Crippen molar-refractivity contribution >= 4 is 23.4 Å². The molecule has 17 heavy (non-hydrogen) atoms. The molecule has 0 fully saturated rings. The highest BCUT2D eigenvalue weighted by atomic mass is 35.5. The molecule has 0 aliphatic carbocycles. The molecule has 0 unspecified atom stereocenters. The number of hydrogen-bond donors (Lipinski definition) is 0. The Labute approximate surface area is 106 Å². The number of hydrogen-bond acceptors (Lipinski definition) is 3. The highest BCUT2D eigenvalue weighted by Crippen LogP contribution is 2.17. The maximum atomic E-state index is 12.1. The summed E-state index contributed by atoms with van der Waals surface area (Å²) >= 11 is 5.81. The van der Waals surface area contributed by atoms with Crippen molar-refractivity contribution in [1.29, 1.82) is 0 Å². The average molecular weight is 255 g/mol. The minimum absolute atomic E-state index is 0.242. The van der Waals surface area contributed by atoms with Crippen molar-refractivity contribution in [3.63, 3.8) is 0 Å². The van der Waals surface area contributed by atoms with E-state index in [0.717, 1.165) is 0 Å². The SMILES string of the molecule is CCOC(=O)[C@H](CC)C(=O)c1cccc(Cl)c1. The quantitative estimate of drug-likeness (QED) is 0.461. The first-order chi connectivity index (χ1) is 8.10. The van der Waals surface area contributed by atoms with E-state index in [0.29, 0.717) is 17.0 Å². The van der Waals surface area contributed by atoms with Gasteiger partial charge in [-0.1, -0.05) is 30.7 Å². The van der Waals surface area contributed by atoms with Crippen LogP contribution in [0.1, 0.15) is 30.6 Å². The number of Topliss-reactive ketones (excluding diaryl/α,β-unsaturated/α-hetero) is 1. The number of benzene rings is 1. The van der Waals surface area contributed by atoms with Crippen molar-refractivity contribution in [1.82, 2.24) is 0 Å². The van der Waals surface area contributed by atoms with E-state index in [-0.39, 0.29) is 12.4 Å². The van der Waals surface area contributed by atoms with Crippen molar-refractivity contribution in [2.24, 2.45) is 5.92 Å². The van der Waals surface area contributed by atoms with Crippen LogP contribution in [-0.4, -0.2) is 18.4 Å². The zero-order valence-electron chi connectivity index (χ0n) is 9.90. The first-order valence-electron chi connectivity index (χ1n) is 5.56. The first-order valence-corrected chi connectivity index (χ1v) is 5.94. The van der Waals surface area contributed by atoms with Crippen molar-refractivity contribution in [2.45, 2.75) is 20.3 Å². The first kappa shape index (κ1) is 13.7. The Hall–Kier alpha value is -1.35. The van der Waals surface area contributed by atoms with Gasteiger partial charge in [0.15, 0.2) is 5.78 Å². The zero-order chi connectivity index (χ0) is 12.8. The molecule has 1 atom stereocenters. The van der Waals surface area contributed by atoms with Crippen LogP contribution in [0.15, 0.2) is 24.3 Å².